The lowest BCUT2D eigenvalue weighted by molar-refractivity contribution is -0.119. The Bertz CT molecular complexity index is 642. The minimum absolute atomic E-state index is 0.0307. The summed E-state index contributed by atoms with van der Waals surface area (Å²) in [5, 5.41) is 13.0. The Morgan fingerprint density at radius 3 is 2.70 bits per heavy atom. The van der Waals surface area contributed by atoms with Crippen molar-refractivity contribution in [2.45, 2.75) is 12.2 Å². The normalized spacial score (nSPS) is 13.2. The number of hydrogen-bond acceptors (Lipinski definition) is 4. The number of halogens is 2. The van der Waals surface area contributed by atoms with Crippen LogP contribution in [0.15, 0.2) is 53.3 Å². The summed E-state index contributed by atoms with van der Waals surface area (Å²) in [5.74, 6) is 0.00160. The molecule has 1 amide bonds. The first kappa shape index (κ1) is 17.7. The number of carbonyl (C=O) groups excluding carboxylic acids is 1. The Hall–Kier alpha value is -1.63. The third kappa shape index (κ3) is 5.20. The van der Waals surface area contributed by atoms with E-state index in [4.69, 9.17) is 16.3 Å². The molecule has 1 heterocycles. The summed E-state index contributed by atoms with van der Waals surface area (Å²) >= 11 is 8.76. The first-order valence-electron chi connectivity index (χ1n) is 6.94. The van der Waals surface area contributed by atoms with Gasteiger partial charge < -0.3 is 15.2 Å². The number of nitrogens with one attached hydrogen (secondary N) is 1. The molecule has 0 saturated heterocycles. The molecule has 7 heteroatoms. The average Bonchev–Trinajstić information content (AvgIpc) is 2.59. The van der Waals surface area contributed by atoms with Gasteiger partial charge in [0.1, 0.15) is 16.6 Å². The topological polar surface area (TPSA) is 71.5 Å². The molecule has 23 heavy (non-hydrogen) atoms. The van der Waals surface area contributed by atoms with Crippen LogP contribution in [0.25, 0.3) is 0 Å². The highest BCUT2D eigenvalue weighted by atomic mass is 79.9. The molecular formula is C16H16BrClN2O3. The van der Waals surface area contributed by atoms with E-state index in [-0.39, 0.29) is 18.3 Å². The zero-order chi connectivity index (χ0) is 16.7. The summed E-state index contributed by atoms with van der Waals surface area (Å²) in [4.78, 5) is 15.4. The zero-order valence-electron chi connectivity index (χ0n) is 12.2. The summed E-state index contributed by atoms with van der Waals surface area (Å²) in [6.45, 7) is 0.0307. The molecule has 2 N–H and O–H groups in total. The quantitative estimate of drug-likeness (QED) is 0.555. The average molecular weight is 400 g/mol. The number of carbonyl (C=O) groups is 1. The summed E-state index contributed by atoms with van der Waals surface area (Å²) in [5.41, 5.74) is 0.788. The third-order valence-corrected chi connectivity index (χ3v) is 3.92. The van der Waals surface area contributed by atoms with Crippen molar-refractivity contribution in [3.8, 4) is 5.75 Å². The Labute approximate surface area is 147 Å². The fraction of sp³-hybridized carbons (Fsp3) is 0.250. The first-order chi connectivity index (χ1) is 11.1. The van der Waals surface area contributed by atoms with Crippen LogP contribution in [-0.2, 0) is 4.79 Å². The van der Waals surface area contributed by atoms with Gasteiger partial charge in [0, 0.05) is 12.7 Å². The van der Waals surface area contributed by atoms with Crippen LogP contribution in [0.5, 0.6) is 5.75 Å². The van der Waals surface area contributed by atoms with Gasteiger partial charge in [-0.1, -0.05) is 30.3 Å². The Balaban J connectivity index is 2.18. The minimum Gasteiger partial charge on any atom is -0.480 e. The van der Waals surface area contributed by atoms with Crippen LogP contribution in [0, 0.1) is 0 Å². The Morgan fingerprint density at radius 2 is 2.04 bits per heavy atom. The highest BCUT2D eigenvalue weighted by Gasteiger charge is 2.24. The van der Waals surface area contributed by atoms with E-state index in [1.165, 1.54) is 0 Å². The second kappa shape index (κ2) is 8.86. The van der Waals surface area contributed by atoms with Gasteiger partial charge in [-0.05, 0) is 33.6 Å². The van der Waals surface area contributed by atoms with Gasteiger partial charge in [0.05, 0.1) is 0 Å². The van der Waals surface area contributed by atoms with E-state index in [9.17, 15) is 9.90 Å². The predicted molar refractivity (Wildman–Crippen MR) is 91.5 cm³/mol. The lowest BCUT2D eigenvalue weighted by Gasteiger charge is -2.25. The third-order valence-electron chi connectivity index (χ3n) is 3.09. The van der Waals surface area contributed by atoms with Crippen molar-refractivity contribution < 1.29 is 14.6 Å². The van der Waals surface area contributed by atoms with Crippen LogP contribution in [0.4, 0.5) is 0 Å². The van der Waals surface area contributed by atoms with E-state index in [1.807, 2.05) is 30.3 Å². The van der Waals surface area contributed by atoms with E-state index in [0.29, 0.717) is 10.4 Å². The molecule has 2 atom stereocenters. The largest absolute Gasteiger partial charge is 0.480 e. The fourth-order valence-corrected chi connectivity index (χ4v) is 2.42. The lowest BCUT2D eigenvalue weighted by Crippen LogP contribution is -2.37. The molecule has 5 nitrogen and oxygen atoms in total. The smallest absolute Gasteiger partial charge is 0.235 e. The van der Waals surface area contributed by atoms with Crippen molar-refractivity contribution in [1.82, 2.24) is 10.3 Å². The van der Waals surface area contributed by atoms with Gasteiger partial charge in [-0.3, -0.25) is 4.79 Å². The maximum atomic E-state index is 11.3. The second-order valence-corrected chi connectivity index (χ2v) is 5.76. The molecule has 0 unspecified atom stereocenters. The van der Waals surface area contributed by atoms with E-state index in [0.717, 1.165) is 5.56 Å². The standard InChI is InChI=1S/C16H16BrClN2O3/c17-16-13(7-4-8-19-16)23-15(11-5-2-1-3-6-11)12(21)10-20-14(22)9-18/h1-8,12,15,21H,9-10H2,(H,20,22)/t12-,15-/m0/s1. The van der Waals surface area contributed by atoms with Gasteiger partial charge in [0.25, 0.3) is 0 Å². The number of hydrogen-bond donors (Lipinski definition) is 2. The maximum absolute atomic E-state index is 11.3. The van der Waals surface area contributed by atoms with Crippen molar-refractivity contribution in [1.29, 1.82) is 0 Å². The van der Waals surface area contributed by atoms with Crippen molar-refractivity contribution in [3.05, 3.63) is 58.8 Å². The summed E-state index contributed by atoms with van der Waals surface area (Å²) in [6, 6.07) is 12.8. The van der Waals surface area contributed by atoms with Crippen LogP contribution in [0.2, 0.25) is 0 Å². The van der Waals surface area contributed by atoms with Crippen molar-refractivity contribution in [2.24, 2.45) is 0 Å². The number of aliphatic hydroxyl groups excluding tert-OH is 1. The van der Waals surface area contributed by atoms with Crippen LogP contribution in [0.1, 0.15) is 11.7 Å². The number of rotatable bonds is 7. The molecule has 122 valence electrons. The van der Waals surface area contributed by atoms with Crippen molar-refractivity contribution in [2.75, 3.05) is 12.4 Å². The van der Waals surface area contributed by atoms with Crippen LogP contribution < -0.4 is 10.1 Å². The fourth-order valence-electron chi connectivity index (χ4n) is 1.98. The van der Waals surface area contributed by atoms with Crippen LogP contribution >= 0.6 is 27.5 Å². The van der Waals surface area contributed by atoms with Gasteiger partial charge in [0.2, 0.25) is 5.91 Å². The molecule has 0 spiro atoms. The molecular weight excluding hydrogens is 384 g/mol. The van der Waals surface area contributed by atoms with Crippen LogP contribution in [0.3, 0.4) is 0 Å². The molecule has 1 aromatic heterocycles. The summed E-state index contributed by atoms with van der Waals surface area (Å²) in [7, 11) is 0. The summed E-state index contributed by atoms with van der Waals surface area (Å²) in [6.07, 6.45) is 0.0231. The number of alkyl halides is 1. The molecule has 1 aromatic carbocycles. The SMILES string of the molecule is O=C(CCl)NC[C@H](O)[C@@H](Oc1cccnc1Br)c1ccccc1. The number of aromatic nitrogens is 1. The van der Waals surface area contributed by atoms with E-state index in [1.54, 1.807) is 18.3 Å². The molecule has 0 fully saturated rings. The van der Waals surface area contributed by atoms with E-state index in [2.05, 4.69) is 26.2 Å². The van der Waals surface area contributed by atoms with Gasteiger partial charge in [-0.25, -0.2) is 4.98 Å². The maximum Gasteiger partial charge on any atom is 0.235 e. The molecule has 0 aliphatic heterocycles. The highest BCUT2D eigenvalue weighted by molar-refractivity contribution is 9.10. The van der Waals surface area contributed by atoms with Crippen LogP contribution in [-0.4, -0.2) is 34.5 Å². The number of ether oxygens (including phenoxy) is 1. The summed E-state index contributed by atoms with van der Waals surface area (Å²) < 4.78 is 6.46. The molecule has 2 rings (SSSR count). The molecule has 2 aromatic rings. The number of aliphatic hydroxyl groups is 1. The van der Waals surface area contributed by atoms with Gasteiger partial charge in [-0.2, -0.15) is 0 Å². The molecule has 0 bridgehead atoms. The second-order valence-electron chi connectivity index (χ2n) is 4.75. The lowest BCUT2D eigenvalue weighted by atomic mass is 10.0. The monoisotopic (exact) mass is 398 g/mol. The molecule has 0 aliphatic carbocycles. The molecule has 0 saturated carbocycles. The van der Waals surface area contributed by atoms with Crippen molar-refractivity contribution in [3.63, 3.8) is 0 Å². The Morgan fingerprint density at radius 1 is 1.30 bits per heavy atom. The minimum atomic E-state index is -0.948. The van der Waals surface area contributed by atoms with E-state index >= 15 is 0 Å². The van der Waals surface area contributed by atoms with Gasteiger partial charge >= 0.3 is 0 Å². The number of benzene rings is 1. The number of pyridine rings is 1. The first-order valence-corrected chi connectivity index (χ1v) is 8.27. The Kier molecular flexibility index (Phi) is 6.83. The molecule has 0 aliphatic rings. The highest BCUT2D eigenvalue weighted by Crippen LogP contribution is 2.29. The van der Waals surface area contributed by atoms with E-state index < -0.39 is 12.2 Å². The zero-order valence-corrected chi connectivity index (χ0v) is 14.5. The van der Waals surface area contributed by atoms with Gasteiger partial charge in [0.15, 0.2) is 11.9 Å². The van der Waals surface area contributed by atoms with Gasteiger partial charge in [-0.15, -0.1) is 11.6 Å². The molecule has 0 radical (unpaired) electrons. The number of nitrogens with zero attached hydrogens (tertiary/aromatic N) is 1. The predicted octanol–water partition coefficient (Wildman–Crippen LogP) is 2.68. The number of amides is 1. The van der Waals surface area contributed by atoms with Crippen molar-refractivity contribution >= 4 is 33.4 Å².